The van der Waals surface area contributed by atoms with E-state index in [1.807, 2.05) is 4.90 Å². The van der Waals surface area contributed by atoms with Crippen molar-refractivity contribution in [1.82, 2.24) is 14.8 Å². The van der Waals surface area contributed by atoms with E-state index in [2.05, 4.69) is 4.98 Å². The Balaban J connectivity index is 1.48. The summed E-state index contributed by atoms with van der Waals surface area (Å²) in [5, 5.41) is 0. The van der Waals surface area contributed by atoms with Crippen LogP contribution in [0.3, 0.4) is 0 Å². The van der Waals surface area contributed by atoms with Crippen LogP contribution < -0.4 is 0 Å². The molecule has 31 heavy (non-hydrogen) atoms. The van der Waals surface area contributed by atoms with E-state index >= 15 is 0 Å². The molecule has 3 amide bonds. The van der Waals surface area contributed by atoms with Gasteiger partial charge in [-0.2, -0.15) is 0 Å². The van der Waals surface area contributed by atoms with E-state index in [9.17, 15) is 18.8 Å². The van der Waals surface area contributed by atoms with Gasteiger partial charge in [0.1, 0.15) is 5.82 Å². The molecule has 2 bridgehead atoms. The summed E-state index contributed by atoms with van der Waals surface area (Å²) >= 11 is 0. The minimum Gasteiger partial charge on any atom is -0.339 e. The van der Waals surface area contributed by atoms with Crippen molar-refractivity contribution in [2.75, 3.05) is 6.54 Å². The summed E-state index contributed by atoms with van der Waals surface area (Å²) in [6.45, 7) is 0.801. The normalized spacial score (nSPS) is 27.4. The van der Waals surface area contributed by atoms with Crippen molar-refractivity contribution in [3.63, 3.8) is 0 Å². The summed E-state index contributed by atoms with van der Waals surface area (Å²) < 4.78 is 14.1. The van der Waals surface area contributed by atoms with Gasteiger partial charge < -0.3 is 4.90 Å². The van der Waals surface area contributed by atoms with Crippen LogP contribution in [0.5, 0.6) is 0 Å². The van der Waals surface area contributed by atoms with E-state index in [0.717, 1.165) is 24.8 Å². The van der Waals surface area contributed by atoms with Crippen LogP contribution in [0, 0.1) is 11.7 Å². The fraction of sp³-hybridized carbons (Fsp3) is 0.417. The highest BCUT2D eigenvalue weighted by Gasteiger charge is 2.55. The van der Waals surface area contributed by atoms with Gasteiger partial charge in [-0.1, -0.05) is 18.2 Å². The lowest BCUT2D eigenvalue weighted by atomic mass is 9.75. The highest BCUT2D eigenvalue weighted by atomic mass is 19.1. The number of carbonyl (C=O) groups excluding carboxylic acids is 3. The van der Waals surface area contributed by atoms with Gasteiger partial charge in [-0.05, 0) is 54.5 Å². The van der Waals surface area contributed by atoms with Crippen LogP contribution in [-0.4, -0.2) is 45.1 Å². The molecule has 1 aromatic heterocycles. The molecule has 5 rings (SSSR count). The fourth-order valence-corrected chi connectivity index (χ4v) is 5.48. The predicted octanol–water partition coefficient (Wildman–Crippen LogP) is 2.82. The molecular formula is C24H24FN3O3. The first kappa shape index (κ1) is 19.8. The molecular weight excluding hydrogens is 397 g/mol. The number of hydrogen-bond acceptors (Lipinski definition) is 4. The zero-order valence-corrected chi connectivity index (χ0v) is 17.2. The molecule has 2 saturated heterocycles. The average Bonchev–Trinajstić information content (AvgIpc) is 3.46. The number of halogens is 1. The second-order valence-corrected chi connectivity index (χ2v) is 8.97. The molecule has 2 aliphatic heterocycles. The summed E-state index contributed by atoms with van der Waals surface area (Å²) in [6.07, 6.45) is 6.12. The van der Waals surface area contributed by atoms with Crippen LogP contribution in [0.15, 0.2) is 48.8 Å². The Hall–Kier alpha value is -3.09. The first-order chi connectivity index (χ1) is 15.0. The molecule has 6 nitrogen and oxygen atoms in total. The summed E-state index contributed by atoms with van der Waals surface area (Å²) in [7, 11) is 0. The smallest absolute Gasteiger partial charge is 0.241 e. The maximum atomic E-state index is 14.1. The third-order valence-electron chi connectivity index (χ3n) is 7.03. The molecule has 1 saturated carbocycles. The average molecular weight is 421 g/mol. The van der Waals surface area contributed by atoms with Gasteiger partial charge in [0.05, 0.1) is 12.0 Å². The second kappa shape index (κ2) is 7.55. The number of hydrogen-bond donors (Lipinski definition) is 0. The molecule has 0 N–H and O–H groups in total. The standard InChI is InChI=1S/C24H24FN3O3/c25-19-5-1-4-18(10-19)24(11-21(29)27-14-16-6-7-20(27)9-16)12-22(30)28(23(24)31)15-17-3-2-8-26-13-17/h1-5,8,10,13,16,20H,6-7,9,11-12,14-15H2. The SMILES string of the molecule is O=C1CC(CC(=O)N2CC3CCC2C3)(c2cccc(F)c2)C(=O)N1Cc1cccnc1. The summed E-state index contributed by atoms with van der Waals surface area (Å²) in [5.41, 5.74) is -0.264. The molecule has 3 fully saturated rings. The van der Waals surface area contributed by atoms with Gasteiger partial charge in [-0.25, -0.2) is 4.39 Å². The van der Waals surface area contributed by atoms with Crippen LogP contribution >= 0.6 is 0 Å². The Morgan fingerprint density at radius 2 is 2.06 bits per heavy atom. The third kappa shape index (κ3) is 3.42. The lowest BCUT2D eigenvalue weighted by Gasteiger charge is -2.32. The number of fused-ring (bicyclic) bond motifs is 2. The van der Waals surface area contributed by atoms with E-state index in [-0.39, 0.29) is 37.2 Å². The van der Waals surface area contributed by atoms with Crippen molar-refractivity contribution >= 4 is 17.7 Å². The Morgan fingerprint density at radius 3 is 2.74 bits per heavy atom. The number of piperidine rings is 1. The molecule has 2 aromatic rings. The topological polar surface area (TPSA) is 70.6 Å². The molecule has 3 unspecified atom stereocenters. The van der Waals surface area contributed by atoms with Gasteiger partial charge >= 0.3 is 0 Å². The maximum absolute atomic E-state index is 14.1. The van der Waals surface area contributed by atoms with Crippen LogP contribution in [0.2, 0.25) is 0 Å². The van der Waals surface area contributed by atoms with Gasteiger partial charge in [0.2, 0.25) is 17.7 Å². The third-order valence-corrected chi connectivity index (χ3v) is 7.03. The van der Waals surface area contributed by atoms with E-state index in [1.54, 1.807) is 30.6 Å². The molecule has 3 aliphatic rings. The van der Waals surface area contributed by atoms with Gasteiger partial charge in [-0.3, -0.25) is 24.3 Å². The summed E-state index contributed by atoms with van der Waals surface area (Å²) in [5.74, 6) is -0.878. The zero-order chi connectivity index (χ0) is 21.6. The number of aromatic nitrogens is 1. The van der Waals surface area contributed by atoms with Gasteiger partial charge in [0, 0.05) is 37.8 Å². The van der Waals surface area contributed by atoms with Crippen molar-refractivity contribution in [2.45, 2.75) is 50.1 Å². The van der Waals surface area contributed by atoms with E-state index < -0.39 is 17.1 Å². The molecule has 1 aliphatic carbocycles. The Bertz CT molecular complexity index is 1040. The van der Waals surface area contributed by atoms with Crippen molar-refractivity contribution in [2.24, 2.45) is 5.92 Å². The number of amides is 3. The monoisotopic (exact) mass is 421 g/mol. The van der Waals surface area contributed by atoms with Crippen LogP contribution in [-0.2, 0) is 26.3 Å². The maximum Gasteiger partial charge on any atom is 0.241 e. The Morgan fingerprint density at radius 1 is 1.19 bits per heavy atom. The zero-order valence-electron chi connectivity index (χ0n) is 17.2. The molecule has 7 heteroatoms. The molecule has 160 valence electrons. The van der Waals surface area contributed by atoms with Crippen molar-refractivity contribution in [3.05, 3.63) is 65.7 Å². The predicted molar refractivity (Wildman–Crippen MR) is 110 cm³/mol. The fourth-order valence-electron chi connectivity index (χ4n) is 5.48. The van der Waals surface area contributed by atoms with Crippen molar-refractivity contribution in [1.29, 1.82) is 0 Å². The number of nitrogens with zero attached hydrogens (tertiary/aromatic N) is 3. The summed E-state index contributed by atoms with van der Waals surface area (Å²) in [6, 6.07) is 9.51. The van der Waals surface area contributed by atoms with E-state index in [0.29, 0.717) is 18.0 Å². The molecule has 1 aromatic carbocycles. The molecule has 0 radical (unpaired) electrons. The number of likely N-dealkylation sites (tertiary alicyclic amines) is 2. The number of rotatable bonds is 5. The van der Waals surface area contributed by atoms with Gasteiger partial charge in [0.15, 0.2) is 0 Å². The molecule has 3 heterocycles. The first-order valence-corrected chi connectivity index (χ1v) is 10.8. The van der Waals surface area contributed by atoms with Gasteiger partial charge in [-0.15, -0.1) is 0 Å². The quantitative estimate of drug-likeness (QED) is 0.696. The number of imide groups is 1. The largest absolute Gasteiger partial charge is 0.339 e. The number of carbonyl (C=O) groups is 3. The summed E-state index contributed by atoms with van der Waals surface area (Å²) in [4.78, 5) is 47.0. The van der Waals surface area contributed by atoms with E-state index in [4.69, 9.17) is 0 Å². The highest BCUT2D eigenvalue weighted by molar-refractivity contribution is 6.10. The van der Waals surface area contributed by atoms with Crippen molar-refractivity contribution in [3.8, 4) is 0 Å². The van der Waals surface area contributed by atoms with Crippen molar-refractivity contribution < 1.29 is 18.8 Å². The lowest BCUT2D eigenvalue weighted by Crippen LogP contribution is -2.45. The first-order valence-electron chi connectivity index (χ1n) is 10.8. The molecule has 3 atom stereocenters. The minimum atomic E-state index is -1.37. The highest BCUT2D eigenvalue weighted by Crippen LogP contribution is 2.43. The Kier molecular flexibility index (Phi) is 4.84. The minimum absolute atomic E-state index is 0.0885. The van der Waals surface area contributed by atoms with Gasteiger partial charge in [0.25, 0.3) is 0 Å². The Labute approximate surface area is 180 Å². The lowest BCUT2D eigenvalue weighted by molar-refractivity contribution is -0.143. The number of pyridine rings is 1. The van der Waals surface area contributed by atoms with Crippen LogP contribution in [0.1, 0.15) is 43.2 Å². The van der Waals surface area contributed by atoms with Crippen LogP contribution in [0.4, 0.5) is 4.39 Å². The number of benzene rings is 1. The van der Waals surface area contributed by atoms with Crippen LogP contribution in [0.25, 0.3) is 0 Å². The second-order valence-electron chi connectivity index (χ2n) is 8.97. The molecule has 0 spiro atoms. The van der Waals surface area contributed by atoms with E-state index in [1.165, 1.54) is 23.1 Å².